The summed E-state index contributed by atoms with van der Waals surface area (Å²) in [5, 5.41) is 8.50. The quantitative estimate of drug-likeness (QED) is 0.607. The van der Waals surface area contributed by atoms with Gasteiger partial charge >= 0.3 is 5.97 Å². The van der Waals surface area contributed by atoms with E-state index in [1.807, 2.05) is 4.72 Å². The van der Waals surface area contributed by atoms with E-state index in [0.717, 1.165) is 13.2 Å². The molecule has 0 atom stereocenters. The summed E-state index contributed by atoms with van der Waals surface area (Å²) < 4.78 is 42.9. The predicted octanol–water partition coefficient (Wildman–Crippen LogP) is 0.0842. The normalized spacial score (nSPS) is 10.3. The Morgan fingerprint density at radius 1 is 1.50 bits per heavy atom. The van der Waals surface area contributed by atoms with E-state index in [2.05, 4.69) is 16.6 Å². The highest BCUT2D eigenvalue weighted by molar-refractivity contribution is 7.93. The number of anilines is 1. The molecule has 0 spiro atoms. The van der Waals surface area contributed by atoms with Crippen LogP contribution >= 0.6 is 0 Å². The Morgan fingerprint density at radius 3 is 2.75 bits per heavy atom. The number of methoxy groups -OCH3 is 1. The van der Waals surface area contributed by atoms with Crippen LogP contribution in [0.3, 0.4) is 0 Å². The second kappa shape index (κ2) is 6.88. The first-order valence-corrected chi connectivity index (χ1v) is 7.00. The van der Waals surface area contributed by atoms with Crippen molar-refractivity contribution in [2.75, 3.05) is 24.2 Å². The molecule has 1 rings (SSSR count). The molecule has 8 heteroatoms. The third-order valence-corrected chi connectivity index (χ3v) is 3.24. The summed E-state index contributed by atoms with van der Waals surface area (Å²) >= 11 is 0. The number of hydrogen-bond donors (Lipinski definition) is 2. The van der Waals surface area contributed by atoms with E-state index in [1.54, 1.807) is 0 Å². The van der Waals surface area contributed by atoms with E-state index in [0.29, 0.717) is 0 Å². The van der Waals surface area contributed by atoms with Crippen molar-refractivity contribution in [3.05, 3.63) is 29.6 Å². The summed E-state index contributed by atoms with van der Waals surface area (Å²) in [7, 11) is -2.90. The molecule has 6 nitrogen and oxygen atoms in total. The number of hydrogen-bond acceptors (Lipinski definition) is 5. The molecule has 0 amide bonds. The van der Waals surface area contributed by atoms with Gasteiger partial charge in [-0.25, -0.2) is 12.8 Å². The van der Waals surface area contributed by atoms with Gasteiger partial charge in [0.25, 0.3) is 0 Å². The molecule has 0 aliphatic heterocycles. The summed E-state index contributed by atoms with van der Waals surface area (Å²) in [6.07, 6.45) is 0. The highest BCUT2D eigenvalue weighted by atomic mass is 32.2. The SMILES string of the molecule is COC(=O)CS(=O)(=O)Nc1ccc(C#CCO)c(F)c1. The highest BCUT2D eigenvalue weighted by Gasteiger charge is 2.17. The topological polar surface area (TPSA) is 92.7 Å². The maximum Gasteiger partial charge on any atom is 0.322 e. The van der Waals surface area contributed by atoms with Crippen LogP contribution in [0.15, 0.2) is 18.2 Å². The molecule has 0 radical (unpaired) electrons. The average Bonchev–Trinajstić information content (AvgIpc) is 2.36. The van der Waals surface area contributed by atoms with Crippen LogP contribution in [0.1, 0.15) is 5.56 Å². The number of esters is 1. The van der Waals surface area contributed by atoms with E-state index in [4.69, 9.17) is 5.11 Å². The number of aliphatic hydroxyl groups is 1. The number of nitrogens with one attached hydrogen (secondary N) is 1. The largest absolute Gasteiger partial charge is 0.468 e. The highest BCUT2D eigenvalue weighted by Crippen LogP contribution is 2.15. The van der Waals surface area contributed by atoms with Crippen LogP contribution < -0.4 is 4.72 Å². The third-order valence-electron chi connectivity index (χ3n) is 2.08. The molecule has 0 aliphatic carbocycles. The van der Waals surface area contributed by atoms with Gasteiger partial charge in [0.15, 0.2) is 5.75 Å². The Morgan fingerprint density at radius 2 is 2.20 bits per heavy atom. The molecule has 1 aromatic rings. The van der Waals surface area contributed by atoms with Crippen LogP contribution in [-0.2, 0) is 19.6 Å². The molecular weight excluding hydrogens is 289 g/mol. The molecule has 0 aliphatic rings. The lowest BCUT2D eigenvalue weighted by Gasteiger charge is -2.07. The number of aliphatic hydroxyl groups excluding tert-OH is 1. The monoisotopic (exact) mass is 301 g/mol. The van der Waals surface area contributed by atoms with E-state index in [1.165, 1.54) is 12.1 Å². The lowest BCUT2D eigenvalue weighted by Crippen LogP contribution is -2.23. The molecule has 0 aromatic heterocycles. The number of carbonyl (C=O) groups excluding carboxylic acids is 1. The van der Waals surface area contributed by atoms with Gasteiger partial charge in [-0.2, -0.15) is 0 Å². The second-order valence-electron chi connectivity index (χ2n) is 3.59. The van der Waals surface area contributed by atoms with Crippen molar-refractivity contribution in [3.8, 4) is 11.8 Å². The van der Waals surface area contributed by atoms with Gasteiger partial charge in [0, 0.05) is 0 Å². The molecule has 2 N–H and O–H groups in total. The zero-order valence-corrected chi connectivity index (χ0v) is 11.3. The van der Waals surface area contributed by atoms with Crippen LogP contribution in [0.5, 0.6) is 0 Å². The smallest absolute Gasteiger partial charge is 0.322 e. The van der Waals surface area contributed by atoms with Gasteiger partial charge in [-0.3, -0.25) is 9.52 Å². The van der Waals surface area contributed by atoms with Crippen molar-refractivity contribution in [2.45, 2.75) is 0 Å². The summed E-state index contributed by atoms with van der Waals surface area (Å²) in [5.74, 6) is 2.10. The number of halogens is 1. The lowest BCUT2D eigenvalue weighted by atomic mass is 10.2. The van der Waals surface area contributed by atoms with Gasteiger partial charge < -0.3 is 9.84 Å². The minimum atomic E-state index is -3.96. The minimum absolute atomic E-state index is 0.0231. The fourth-order valence-electron chi connectivity index (χ4n) is 1.24. The first kappa shape index (κ1) is 15.9. The predicted molar refractivity (Wildman–Crippen MR) is 69.8 cm³/mol. The van der Waals surface area contributed by atoms with Gasteiger partial charge in [-0.15, -0.1) is 0 Å². The van der Waals surface area contributed by atoms with E-state index in [9.17, 15) is 17.6 Å². The zero-order chi connectivity index (χ0) is 15.2. The van der Waals surface area contributed by atoms with Crippen molar-refractivity contribution in [1.82, 2.24) is 0 Å². The molecule has 0 heterocycles. The number of ether oxygens (including phenoxy) is 1. The Bertz CT molecular complexity index is 660. The minimum Gasteiger partial charge on any atom is -0.468 e. The molecule has 0 bridgehead atoms. The summed E-state index contributed by atoms with van der Waals surface area (Å²) in [6.45, 7) is -0.410. The van der Waals surface area contributed by atoms with Crippen molar-refractivity contribution in [3.63, 3.8) is 0 Å². The Hall–Kier alpha value is -2.11. The van der Waals surface area contributed by atoms with Gasteiger partial charge in [0.05, 0.1) is 18.4 Å². The van der Waals surface area contributed by atoms with E-state index >= 15 is 0 Å². The lowest BCUT2D eigenvalue weighted by molar-refractivity contribution is -0.137. The molecule has 1 aromatic carbocycles. The summed E-state index contributed by atoms with van der Waals surface area (Å²) in [4.78, 5) is 10.9. The Labute approximate surface area is 115 Å². The fourth-order valence-corrected chi connectivity index (χ4v) is 2.23. The van der Waals surface area contributed by atoms with Crippen LogP contribution in [0.2, 0.25) is 0 Å². The van der Waals surface area contributed by atoms with E-state index in [-0.39, 0.29) is 11.3 Å². The maximum absolute atomic E-state index is 13.6. The molecule has 108 valence electrons. The molecule has 0 saturated carbocycles. The second-order valence-corrected chi connectivity index (χ2v) is 5.31. The van der Waals surface area contributed by atoms with Crippen molar-refractivity contribution >= 4 is 21.7 Å². The van der Waals surface area contributed by atoms with Crippen molar-refractivity contribution in [1.29, 1.82) is 0 Å². The number of carbonyl (C=O) groups is 1. The first-order chi connectivity index (χ1) is 9.38. The Kier molecular flexibility index (Phi) is 5.49. The first-order valence-electron chi connectivity index (χ1n) is 5.34. The summed E-state index contributed by atoms with van der Waals surface area (Å²) in [6, 6.07) is 3.48. The third kappa shape index (κ3) is 4.87. The van der Waals surface area contributed by atoms with Gasteiger partial charge in [-0.05, 0) is 18.2 Å². The van der Waals surface area contributed by atoms with E-state index < -0.39 is 34.2 Å². The fraction of sp³-hybridized carbons (Fsp3) is 0.250. The number of benzene rings is 1. The van der Waals surface area contributed by atoms with Crippen molar-refractivity contribution in [2.24, 2.45) is 0 Å². The van der Waals surface area contributed by atoms with Crippen LogP contribution in [0, 0.1) is 17.7 Å². The van der Waals surface area contributed by atoms with Gasteiger partial charge in [-0.1, -0.05) is 11.8 Å². The van der Waals surface area contributed by atoms with Gasteiger partial charge in [0.2, 0.25) is 10.0 Å². The van der Waals surface area contributed by atoms with Crippen LogP contribution in [0.25, 0.3) is 0 Å². The molecule has 20 heavy (non-hydrogen) atoms. The average molecular weight is 301 g/mol. The molecular formula is C12H12FNO5S. The van der Waals surface area contributed by atoms with Crippen LogP contribution in [0.4, 0.5) is 10.1 Å². The molecule has 0 fully saturated rings. The van der Waals surface area contributed by atoms with Gasteiger partial charge in [0.1, 0.15) is 12.4 Å². The number of sulfonamides is 1. The molecule has 0 saturated heterocycles. The summed E-state index contributed by atoms with van der Waals surface area (Å²) in [5.41, 5.74) is -0.0177. The maximum atomic E-state index is 13.6. The number of rotatable bonds is 4. The van der Waals surface area contributed by atoms with Crippen LogP contribution in [-0.4, -0.2) is 39.0 Å². The molecule has 0 unspecified atom stereocenters. The Balaban J connectivity index is 2.89. The standard InChI is InChI=1S/C12H12FNO5S/c1-19-12(16)8-20(17,18)14-10-5-4-9(3-2-6-15)11(13)7-10/h4-5,7,14-15H,6,8H2,1H3. The van der Waals surface area contributed by atoms with Crippen molar-refractivity contribution < 1.29 is 27.4 Å². The zero-order valence-electron chi connectivity index (χ0n) is 10.5.